The molecule has 0 aliphatic carbocycles. The molecule has 0 fully saturated rings. The Morgan fingerprint density at radius 2 is 1.86 bits per heavy atom. The summed E-state index contributed by atoms with van der Waals surface area (Å²) < 4.78 is 47.6. The predicted molar refractivity (Wildman–Crippen MR) is 166 cm³/mol. The third-order valence-corrected chi connectivity index (χ3v) is 6.48. The molecule has 0 aliphatic heterocycles. The molecule has 0 saturated carbocycles. The average molecular weight is 610 g/mol. The number of anilines is 6. The van der Waals surface area contributed by atoms with Crippen LogP contribution in [-0.2, 0) is 11.0 Å². The van der Waals surface area contributed by atoms with E-state index in [-0.39, 0.29) is 40.6 Å². The smallest absolute Gasteiger partial charge is 0.421 e. The summed E-state index contributed by atoms with van der Waals surface area (Å²) in [6.45, 7) is 6.56. The molecule has 0 unspecified atom stereocenters. The molecule has 0 radical (unpaired) electrons. The van der Waals surface area contributed by atoms with Crippen molar-refractivity contribution in [3.8, 4) is 11.8 Å². The van der Waals surface area contributed by atoms with Gasteiger partial charge in [-0.1, -0.05) is 13.5 Å². The molecule has 1 heterocycles. The van der Waals surface area contributed by atoms with Gasteiger partial charge in [0.25, 0.3) is 0 Å². The Morgan fingerprint density at radius 3 is 2.45 bits per heavy atom. The molecule has 0 saturated heterocycles. The molecule has 0 spiro atoms. The van der Waals surface area contributed by atoms with Crippen molar-refractivity contribution in [3.63, 3.8) is 0 Å². The monoisotopic (exact) mass is 609 g/mol. The summed E-state index contributed by atoms with van der Waals surface area (Å²) in [7, 11) is 7.15. The molecule has 44 heavy (non-hydrogen) atoms. The number of amides is 1. The summed E-state index contributed by atoms with van der Waals surface area (Å²) in [5.41, 5.74) is 0.984. The molecule has 11 nitrogen and oxygen atoms in total. The average Bonchev–Trinajstić information content (AvgIpc) is 2.99. The van der Waals surface area contributed by atoms with Crippen molar-refractivity contribution in [1.29, 1.82) is 10.7 Å². The highest BCUT2D eigenvalue weighted by molar-refractivity contribution is 6.04. The molecule has 3 rings (SSSR count). The molecule has 0 atom stereocenters. The first-order valence-corrected chi connectivity index (χ1v) is 13.4. The largest absolute Gasteiger partial charge is 0.494 e. The number of nitrogens with one attached hydrogen (secondary N) is 4. The molecule has 14 heteroatoms. The lowest BCUT2D eigenvalue weighted by atomic mass is 10.0. The number of hydrogen-bond donors (Lipinski definition) is 4. The zero-order valence-electron chi connectivity index (χ0n) is 25.1. The van der Waals surface area contributed by atoms with Gasteiger partial charge in [0.05, 0.1) is 35.8 Å². The maximum absolute atomic E-state index is 14.0. The number of aromatic nitrogens is 2. The van der Waals surface area contributed by atoms with Crippen LogP contribution in [0.3, 0.4) is 0 Å². The number of methoxy groups -OCH3 is 1. The lowest BCUT2D eigenvalue weighted by Gasteiger charge is -2.26. The number of likely N-dealkylation sites (N-methyl/N-ethyl adjacent to an activating group) is 2. The molecule has 3 aromatic rings. The van der Waals surface area contributed by atoms with Crippen molar-refractivity contribution in [1.82, 2.24) is 14.9 Å². The summed E-state index contributed by atoms with van der Waals surface area (Å²) in [6, 6.07) is 9.52. The number of carbonyl (C=O) groups excluding carboxylic acids is 1. The maximum Gasteiger partial charge on any atom is 0.421 e. The summed E-state index contributed by atoms with van der Waals surface area (Å²) in [4.78, 5) is 24.2. The van der Waals surface area contributed by atoms with Crippen LogP contribution in [0.1, 0.15) is 30.0 Å². The van der Waals surface area contributed by atoms with E-state index in [4.69, 9.17) is 10.1 Å². The Kier molecular flexibility index (Phi) is 10.9. The van der Waals surface area contributed by atoms with Crippen molar-refractivity contribution < 1.29 is 22.7 Å². The van der Waals surface area contributed by atoms with Gasteiger partial charge >= 0.3 is 6.18 Å². The summed E-state index contributed by atoms with van der Waals surface area (Å²) in [5, 5.41) is 25.9. The number of carbonyl (C=O) groups is 1. The molecule has 0 bridgehead atoms. The zero-order valence-corrected chi connectivity index (χ0v) is 25.1. The SMILES string of the molecule is C=CC(=O)Nc1cc(Nc2ncc(C(F)(F)F)c(Nc3ccc(C#N)cc3C(=N)CC)n2)c(OC)cc1N(C)CCN(C)C. The fraction of sp³-hybridized carbons (Fsp3) is 0.300. The first kappa shape index (κ1) is 33.3. The first-order valence-electron chi connectivity index (χ1n) is 13.4. The Labute approximate surface area is 253 Å². The van der Waals surface area contributed by atoms with E-state index < -0.39 is 23.5 Å². The maximum atomic E-state index is 14.0. The van der Waals surface area contributed by atoms with Crippen molar-refractivity contribution in [2.24, 2.45) is 0 Å². The van der Waals surface area contributed by atoms with Crippen molar-refractivity contribution in [3.05, 3.63) is 65.9 Å². The fourth-order valence-electron chi connectivity index (χ4n) is 4.06. The second-order valence-electron chi connectivity index (χ2n) is 9.90. The van der Waals surface area contributed by atoms with E-state index in [1.165, 1.54) is 25.3 Å². The fourth-order valence-corrected chi connectivity index (χ4v) is 4.06. The quantitative estimate of drug-likeness (QED) is 0.140. The molecule has 232 valence electrons. The van der Waals surface area contributed by atoms with Gasteiger partial charge in [-0.25, -0.2) is 4.98 Å². The van der Waals surface area contributed by atoms with Gasteiger partial charge in [0.2, 0.25) is 11.9 Å². The van der Waals surface area contributed by atoms with E-state index in [2.05, 4.69) is 32.5 Å². The van der Waals surface area contributed by atoms with Crippen molar-refractivity contribution in [2.75, 3.05) is 62.2 Å². The van der Waals surface area contributed by atoms with Gasteiger partial charge in [0, 0.05) is 49.4 Å². The highest BCUT2D eigenvalue weighted by atomic mass is 19.4. The number of nitrogens with zero attached hydrogens (tertiary/aromatic N) is 5. The van der Waals surface area contributed by atoms with Crippen LogP contribution >= 0.6 is 0 Å². The minimum atomic E-state index is -4.80. The van der Waals surface area contributed by atoms with E-state index in [0.29, 0.717) is 29.9 Å². The van der Waals surface area contributed by atoms with Crippen LogP contribution in [0.4, 0.5) is 47.7 Å². The number of nitriles is 1. The number of hydrogen-bond acceptors (Lipinski definition) is 10. The molecule has 1 aromatic heterocycles. The van der Waals surface area contributed by atoms with Gasteiger partial charge in [0.15, 0.2) is 0 Å². The molecule has 4 N–H and O–H groups in total. The zero-order chi connectivity index (χ0) is 32.6. The molecule has 1 amide bonds. The lowest BCUT2D eigenvalue weighted by molar-refractivity contribution is -0.137. The third-order valence-electron chi connectivity index (χ3n) is 6.48. The minimum Gasteiger partial charge on any atom is -0.494 e. The Balaban J connectivity index is 2.10. The Hall–Kier alpha value is -5.16. The number of ether oxygens (including phenoxy) is 1. The Bertz CT molecular complexity index is 1580. The van der Waals surface area contributed by atoms with E-state index in [1.807, 2.05) is 37.0 Å². The van der Waals surface area contributed by atoms with Crippen molar-refractivity contribution in [2.45, 2.75) is 19.5 Å². The van der Waals surface area contributed by atoms with Gasteiger partial charge in [-0.3, -0.25) is 4.79 Å². The standard InChI is InChI=1S/C30H34F3N9O2/c1-7-21(35)19-13-18(16-34)9-10-22(19)38-28-20(30(31,32)33)17-36-29(40-28)39-24-14-23(37-27(43)8-2)25(15-26(24)44-6)42(5)12-11-41(3)4/h8-10,13-15,17,35H,2,7,11-12H2,1,3-6H3,(H,37,43)(H2,36,38,39,40). The molecule has 0 aliphatic rings. The second kappa shape index (κ2) is 14.3. The van der Waals surface area contributed by atoms with Crippen LogP contribution in [0.25, 0.3) is 0 Å². The van der Waals surface area contributed by atoms with Gasteiger partial charge < -0.3 is 35.9 Å². The van der Waals surface area contributed by atoms with Crippen molar-refractivity contribution >= 4 is 46.1 Å². The topological polar surface area (TPSA) is 142 Å². The normalized spacial score (nSPS) is 11.0. The second-order valence-corrected chi connectivity index (χ2v) is 9.90. The van der Waals surface area contributed by atoms with Gasteiger partial charge in [-0.2, -0.15) is 23.4 Å². The van der Waals surface area contributed by atoms with E-state index >= 15 is 0 Å². The number of halogens is 3. The minimum absolute atomic E-state index is 0.125. The van der Waals surface area contributed by atoms with E-state index in [9.17, 15) is 23.2 Å². The highest BCUT2D eigenvalue weighted by Crippen LogP contribution is 2.39. The molecule has 2 aromatic carbocycles. The summed E-state index contributed by atoms with van der Waals surface area (Å²) in [6.07, 6.45) is -2.75. The van der Waals surface area contributed by atoms with Gasteiger partial charge in [-0.15, -0.1) is 0 Å². The van der Waals surface area contributed by atoms with Gasteiger partial charge in [0.1, 0.15) is 17.1 Å². The van der Waals surface area contributed by atoms with Gasteiger partial charge in [-0.05, 0) is 50.9 Å². The number of rotatable bonds is 13. The van der Waals surface area contributed by atoms with Crippen LogP contribution < -0.4 is 25.6 Å². The predicted octanol–water partition coefficient (Wildman–Crippen LogP) is 5.76. The van der Waals surface area contributed by atoms with E-state index in [0.717, 1.165) is 12.6 Å². The van der Waals surface area contributed by atoms with Crippen LogP contribution in [0.5, 0.6) is 5.75 Å². The van der Waals surface area contributed by atoms with E-state index in [1.54, 1.807) is 19.1 Å². The van der Waals surface area contributed by atoms with Crippen LogP contribution in [0.15, 0.2) is 49.2 Å². The summed E-state index contributed by atoms with van der Waals surface area (Å²) in [5.74, 6) is -0.910. The van der Waals surface area contributed by atoms with Crippen LogP contribution in [-0.4, -0.2) is 67.8 Å². The Morgan fingerprint density at radius 1 is 1.14 bits per heavy atom. The molecular weight excluding hydrogens is 575 g/mol. The van der Waals surface area contributed by atoms with Crippen LogP contribution in [0, 0.1) is 16.7 Å². The highest BCUT2D eigenvalue weighted by Gasteiger charge is 2.35. The number of alkyl halides is 3. The summed E-state index contributed by atoms with van der Waals surface area (Å²) >= 11 is 0. The first-order chi connectivity index (χ1) is 20.8. The lowest BCUT2D eigenvalue weighted by Crippen LogP contribution is -2.29. The van der Waals surface area contributed by atoms with Crippen LogP contribution in [0.2, 0.25) is 0 Å². The molecular formula is C30H34F3N9O2. The third kappa shape index (κ3) is 8.23. The number of benzene rings is 2.